The summed E-state index contributed by atoms with van der Waals surface area (Å²) in [4.78, 5) is 13.2. The highest BCUT2D eigenvalue weighted by Gasteiger charge is 2.22. The Labute approximate surface area is 119 Å². The van der Waals surface area contributed by atoms with Crippen LogP contribution in [-0.2, 0) is 13.0 Å². The Morgan fingerprint density at radius 2 is 2.22 bits per heavy atom. The molecule has 2 nitrogen and oxygen atoms in total. The molecule has 3 rings (SSSR count). The molecule has 0 amide bonds. The second-order valence-corrected chi connectivity index (χ2v) is 7.26. The first kappa shape index (κ1) is 12.2. The smallest absolute Gasteiger partial charge is 0.164 e. The van der Waals surface area contributed by atoms with E-state index in [0.717, 1.165) is 28.7 Å². The summed E-state index contributed by atoms with van der Waals surface area (Å²) in [6.45, 7) is 2.97. The van der Waals surface area contributed by atoms with Crippen molar-refractivity contribution in [1.82, 2.24) is 4.57 Å². The normalized spacial score (nSPS) is 14.9. The molecule has 0 fully saturated rings. The Bertz CT molecular complexity index is 611. The van der Waals surface area contributed by atoms with Crippen LogP contribution >= 0.6 is 27.3 Å². The molecule has 0 bridgehead atoms. The van der Waals surface area contributed by atoms with Crippen LogP contribution in [0.25, 0.3) is 0 Å². The van der Waals surface area contributed by atoms with E-state index in [-0.39, 0.29) is 0 Å². The first-order valence-corrected chi connectivity index (χ1v) is 7.72. The van der Waals surface area contributed by atoms with Gasteiger partial charge in [-0.3, -0.25) is 4.79 Å². The zero-order chi connectivity index (χ0) is 12.7. The van der Waals surface area contributed by atoms with E-state index in [0.29, 0.717) is 12.2 Å². The average Bonchev–Trinajstić information content (AvgIpc) is 2.87. The fourth-order valence-corrected chi connectivity index (χ4v) is 4.08. The van der Waals surface area contributed by atoms with Gasteiger partial charge in [-0.05, 0) is 53.9 Å². The highest BCUT2D eigenvalue weighted by atomic mass is 79.9. The van der Waals surface area contributed by atoms with Gasteiger partial charge in [0.2, 0.25) is 0 Å². The van der Waals surface area contributed by atoms with Crippen molar-refractivity contribution < 1.29 is 4.79 Å². The van der Waals surface area contributed by atoms with Crippen LogP contribution < -0.4 is 0 Å². The van der Waals surface area contributed by atoms with Gasteiger partial charge in [-0.25, -0.2) is 0 Å². The molecule has 1 aliphatic rings. The largest absolute Gasteiger partial charge is 0.343 e. The number of thiophene rings is 1. The first-order valence-electron chi connectivity index (χ1n) is 6.11. The van der Waals surface area contributed by atoms with Gasteiger partial charge in [0, 0.05) is 28.2 Å². The summed E-state index contributed by atoms with van der Waals surface area (Å²) in [5.74, 6) is 0.311. The Morgan fingerprint density at radius 3 is 2.94 bits per heavy atom. The molecule has 0 saturated carbocycles. The summed E-state index contributed by atoms with van der Waals surface area (Å²) in [5.41, 5.74) is 3.38. The number of hydrogen-bond donors (Lipinski definition) is 0. The second-order valence-electron chi connectivity index (χ2n) is 4.71. The molecule has 0 aromatic carbocycles. The zero-order valence-electron chi connectivity index (χ0n) is 10.2. The van der Waals surface area contributed by atoms with Crippen molar-refractivity contribution in [1.29, 1.82) is 0 Å². The third kappa shape index (κ3) is 2.08. The highest BCUT2D eigenvalue weighted by molar-refractivity contribution is 9.11. The van der Waals surface area contributed by atoms with Crippen LogP contribution in [-0.4, -0.2) is 10.4 Å². The molecule has 18 heavy (non-hydrogen) atoms. The van der Waals surface area contributed by atoms with Gasteiger partial charge in [-0.15, -0.1) is 11.3 Å². The molecule has 2 aromatic rings. The lowest BCUT2D eigenvalue weighted by atomic mass is 9.97. The summed E-state index contributed by atoms with van der Waals surface area (Å²) in [7, 11) is 0. The third-order valence-corrected chi connectivity index (χ3v) is 5.08. The summed E-state index contributed by atoms with van der Waals surface area (Å²) in [6.07, 6.45) is 2.73. The number of hydrogen-bond acceptors (Lipinski definition) is 2. The Kier molecular flexibility index (Phi) is 3.16. The lowest BCUT2D eigenvalue weighted by Crippen LogP contribution is -2.13. The van der Waals surface area contributed by atoms with E-state index in [4.69, 9.17) is 0 Å². The van der Waals surface area contributed by atoms with Gasteiger partial charge in [0.25, 0.3) is 0 Å². The standard InChI is InChI=1S/C14H14BrNOS/c1-9-7-11-12(3-2-4-13(11)17)16(9)8-10-5-6-14(15)18-10/h5-7H,2-4,8H2,1H3. The van der Waals surface area contributed by atoms with Gasteiger partial charge >= 0.3 is 0 Å². The van der Waals surface area contributed by atoms with Crippen LogP contribution in [0.1, 0.15) is 39.5 Å². The van der Waals surface area contributed by atoms with Crippen molar-refractivity contribution in [2.45, 2.75) is 32.7 Å². The molecular formula is C14H14BrNOS. The second kappa shape index (κ2) is 4.67. The van der Waals surface area contributed by atoms with Crippen LogP contribution in [0.3, 0.4) is 0 Å². The van der Waals surface area contributed by atoms with Gasteiger partial charge in [-0.2, -0.15) is 0 Å². The molecule has 0 unspecified atom stereocenters. The molecule has 1 aliphatic carbocycles. The molecule has 0 aliphatic heterocycles. The van der Waals surface area contributed by atoms with Crippen molar-refractivity contribution in [2.75, 3.05) is 0 Å². The van der Waals surface area contributed by atoms with E-state index in [2.05, 4.69) is 45.6 Å². The molecule has 94 valence electrons. The van der Waals surface area contributed by atoms with Crippen molar-refractivity contribution >= 4 is 33.0 Å². The lowest BCUT2D eigenvalue weighted by Gasteiger charge is -2.15. The number of aromatic nitrogens is 1. The van der Waals surface area contributed by atoms with Gasteiger partial charge in [0.1, 0.15) is 0 Å². The summed E-state index contributed by atoms with van der Waals surface area (Å²) < 4.78 is 3.46. The number of carbonyl (C=O) groups excluding carboxylic acids is 1. The Balaban J connectivity index is 1.99. The van der Waals surface area contributed by atoms with Crippen molar-refractivity contribution in [2.24, 2.45) is 0 Å². The molecule has 2 heterocycles. The van der Waals surface area contributed by atoms with Crippen LogP contribution in [0.15, 0.2) is 22.0 Å². The number of halogens is 1. The highest BCUT2D eigenvalue weighted by Crippen LogP contribution is 2.28. The quantitative estimate of drug-likeness (QED) is 0.812. The Hall–Kier alpha value is -0.870. The van der Waals surface area contributed by atoms with Gasteiger partial charge in [-0.1, -0.05) is 0 Å². The molecule has 0 atom stereocenters. The van der Waals surface area contributed by atoms with Crippen LogP contribution in [0.5, 0.6) is 0 Å². The number of fused-ring (bicyclic) bond motifs is 1. The molecule has 2 aromatic heterocycles. The minimum atomic E-state index is 0.311. The molecule has 4 heteroatoms. The maximum absolute atomic E-state index is 11.9. The maximum atomic E-state index is 11.9. The van der Waals surface area contributed by atoms with Crippen molar-refractivity contribution in [3.63, 3.8) is 0 Å². The average molecular weight is 324 g/mol. The topological polar surface area (TPSA) is 22.0 Å². The molecule has 0 radical (unpaired) electrons. The van der Waals surface area contributed by atoms with E-state index >= 15 is 0 Å². The van der Waals surface area contributed by atoms with Crippen LogP contribution in [0, 0.1) is 6.92 Å². The van der Waals surface area contributed by atoms with Crippen molar-refractivity contribution in [3.8, 4) is 0 Å². The van der Waals surface area contributed by atoms with E-state index in [9.17, 15) is 4.79 Å². The van der Waals surface area contributed by atoms with Crippen molar-refractivity contribution in [3.05, 3.63) is 43.8 Å². The number of Topliss-reactive ketones (excluding diaryl/α,β-unsaturated/α-hetero) is 1. The lowest BCUT2D eigenvalue weighted by molar-refractivity contribution is 0.0972. The summed E-state index contributed by atoms with van der Waals surface area (Å²) >= 11 is 5.25. The Morgan fingerprint density at radius 1 is 1.39 bits per heavy atom. The van der Waals surface area contributed by atoms with Gasteiger partial charge < -0.3 is 4.57 Å². The van der Waals surface area contributed by atoms with E-state index in [1.807, 2.05) is 0 Å². The SMILES string of the molecule is Cc1cc2c(n1Cc1ccc(Br)s1)CCCC2=O. The monoisotopic (exact) mass is 323 g/mol. The maximum Gasteiger partial charge on any atom is 0.164 e. The molecule has 0 N–H and O–H groups in total. The number of rotatable bonds is 2. The number of carbonyl (C=O) groups is 1. The predicted molar refractivity (Wildman–Crippen MR) is 77.6 cm³/mol. The third-order valence-electron chi connectivity index (χ3n) is 3.48. The number of ketones is 1. The fourth-order valence-electron chi connectivity index (χ4n) is 2.60. The molecule has 0 saturated heterocycles. The van der Waals surface area contributed by atoms with Crippen LogP contribution in [0.2, 0.25) is 0 Å². The van der Waals surface area contributed by atoms with Crippen LogP contribution in [0.4, 0.5) is 0 Å². The minimum absolute atomic E-state index is 0.311. The number of nitrogens with zero attached hydrogens (tertiary/aromatic N) is 1. The van der Waals surface area contributed by atoms with Gasteiger partial charge in [0.05, 0.1) is 10.3 Å². The predicted octanol–water partition coefficient (Wildman–Crippen LogP) is 4.19. The summed E-state index contributed by atoms with van der Waals surface area (Å²) in [5, 5.41) is 0. The minimum Gasteiger partial charge on any atom is -0.343 e. The molecule has 0 spiro atoms. The molecular weight excluding hydrogens is 310 g/mol. The first-order chi connectivity index (χ1) is 8.65. The van der Waals surface area contributed by atoms with Gasteiger partial charge in [0.15, 0.2) is 5.78 Å². The fraction of sp³-hybridized carbons (Fsp3) is 0.357. The zero-order valence-corrected chi connectivity index (χ0v) is 12.6. The van der Waals surface area contributed by atoms with E-state index in [1.54, 1.807) is 11.3 Å². The number of aryl methyl sites for hydroxylation is 1. The van der Waals surface area contributed by atoms with E-state index in [1.165, 1.54) is 16.3 Å². The van der Waals surface area contributed by atoms with E-state index < -0.39 is 0 Å². The summed E-state index contributed by atoms with van der Waals surface area (Å²) in [6, 6.07) is 6.28.